The van der Waals surface area contributed by atoms with Crippen LogP contribution in [0.2, 0.25) is 0 Å². The van der Waals surface area contributed by atoms with Crippen molar-refractivity contribution in [1.82, 2.24) is 0 Å². The van der Waals surface area contributed by atoms with E-state index >= 15 is 0 Å². The molecule has 3 heteroatoms. The fourth-order valence-electron chi connectivity index (χ4n) is 9.62. The molecule has 0 bridgehead atoms. The van der Waals surface area contributed by atoms with Gasteiger partial charge in [-0.2, -0.15) is 0 Å². The van der Waals surface area contributed by atoms with Crippen LogP contribution in [0.1, 0.15) is 0 Å². The molecule has 3 heterocycles. The van der Waals surface area contributed by atoms with Crippen molar-refractivity contribution < 1.29 is 8.83 Å². The summed E-state index contributed by atoms with van der Waals surface area (Å²) in [5, 5.41) is 14.7. The van der Waals surface area contributed by atoms with Gasteiger partial charge in [-0.15, -0.1) is 11.3 Å². The van der Waals surface area contributed by atoms with Crippen LogP contribution >= 0.6 is 11.3 Å². The van der Waals surface area contributed by atoms with Gasteiger partial charge in [0.25, 0.3) is 0 Å². The molecule has 0 aliphatic carbocycles. The fourth-order valence-corrected chi connectivity index (χ4v) is 10.8. The molecule has 2 nitrogen and oxygen atoms in total. The first kappa shape index (κ1) is 31.1. The minimum absolute atomic E-state index is 0.911. The smallest absolute Gasteiger partial charge is 0.136 e. The molecule has 3 aromatic heterocycles. The molecule has 0 atom stereocenters. The average molecular weight is 743 g/mol. The molecule has 0 saturated carbocycles. The first-order valence-electron chi connectivity index (χ1n) is 19.4. The van der Waals surface area contributed by atoms with Crippen molar-refractivity contribution in [2.24, 2.45) is 0 Å². The van der Waals surface area contributed by atoms with Crippen molar-refractivity contribution in [3.8, 4) is 33.4 Å². The Morgan fingerprint density at radius 3 is 1.47 bits per heavy atom. The molecular weight excluding hydrogens is 713 g/mol. The lowest BCUT2D eigenvalue weighted by molar-refractivity contribution is 0.668. The zero-order valence-corrected chi connectivity index (χ0v) is 31.4. The molecule has 264 valence electrons. The summed E-state index contributed by atoms with van der Waals surface area (Å²) in [5.74, 6) is 0. The van der Waals surface area contributed by atoms with E-state index in [1.54, 1.807) is 0 Å². The molecule has 0 fully saturated rings. The minimum atomic E-state index is 0.911. The van der Waals surface area contributed by atoms with Crippen LogP contribution in [-0.2, 0) is 0 Å². The average Bonchev–Trinajstić information content (AvgIpc) is 3.96. The van der Waals surface area contributed by atoms with E-state index in [1.807, 2.05) is 29.5 Å². The van der Waals surface area contributed by atoms with Gasteiger partial charge in [-0.05, 0) is 108 Å². The third-order valence-corrected chi connectivity index (χ3v) is 13.2. The zero-order chi connectivity index (χ0) is 37.2. The summed E-state index contributed by atoms with van der Waals surface area (Å²) in [5.41, 5.74) is 11.0. The van der Waals surface area contributed by atoms with Crippen molar-refractivity contribution in [3.05, 3.63) is 182 Å². The van der Waals surface area contributed by atoms with Gasteiger partial charge in [0.2, 0.25) is 0 Å². The van der Waals surface area contributed by atoms with E-state index in [9.17, 15) is 0 Å². The molecule has 0 amide bonds. The highest BCUT2D eigenvalue weighted by molar-refractivity contribution is 7.26. The highest BCUT2D eigenvalue weighted by atomic mass is 32.1. The van der Waals surface area contributed by atoms with E-state index in [2.05, 4.69) is 164 Å². The third-order valence-electron chi connectivity index (χ3n) is 12.1. The molecule has 13 aromatic rings. The summed E-state index contributed by atoms with van der Waals surface area (Å²) in [7, 11) is 0. The van der Waals surface area contributed by atoms with E-state index < -0.39 is 0 Å². The maximum absolute atomic E-state index is 6.34. The lowest BCUT2D eigenvalue weighted by atomic mass is 9.85. The number of rotatable bonds is 3. The molecule has 0 aliphatic heterocycles. The Labute approximate surface area is 330 Å². The molecule has 0 N–H and O–H groups in total. The predicted octanol–water partition coefficient (Wildman–Crippen LogP) is 16.3. The van der Waals surface area contributed by atoms with E-state index in [0.29, 0.717) is 0 Å². The van der Waals surface area contributed by atoms with Gasteiger partial charge in [-0.1, -0.05) is 140 Å². The fraction of sp³-hybridized carbons (Fsp3) is 0. The van der Waals surface area contributed by atoms with Crippen molar-refractivity contribution in [2.45, 2.75) is 0 Å². The van der Waals surface area contributed by atoms with Crippen LogP contribution in [0.4, 0.5) is 0 Å². The van der Waals surface area contributed by atoms with Gasteiger partial charge >= 0.3 is 0 Å². The number of hydrogen-bond acceptors (Lipinski definition) is 3. The second-order valence-electron chi connectivity index (χ2n) is 15.1. The minimum Gasteiger partial charge on any atom is -0.456 e. The molecule has 10 aromatic carbocycles. The summed E-state index contributed by atoms with van der Waals surface area (Å²) >= 11 is 1.87. The number of thiophene rings is 1. The van der Waals surface area contributed by atoms with E-state index in [-0.39, 0.29) is 0 Å². The largest absolute Gasteiger partial charge is 0.456 e. The summed E-state index contributed by atoms with van der Waals surface area (Å²) < 4.78 is 15.1. The molecule has 0 unspecified atom stereocenters. The second-order valence-corrected chi connectivity index (χ2v) is 16.2. The van der Waals surface area contributed by atoms with E-state index in [4.69, 9.17) is 8.83 Å². The Balaban J connectivity index is 1.00. The summed E-state index contributed by atoms with van der Waals surface area (Å²) in [6.45, 7) is 0. The van der Waals surface area contributed by atoms with Gasteiger partial charge in [0, 0.05) is 41.7 Å². The SMILES string of the molecule is c1ccc2c(c1)oc1ccc(-c3c4ccccc4c(-c4ccc(-c5cc6sc7ccc8oc9ccccc9c8c7c6c6ccccc56)cc4)c4ccccc34)cc12. The first-order chi connectivity index (χ1) is 28.3. The number of fused-ring (bicyclic) bond motifs is 14. The van der Waals surface area contributed by atoms with Gasteiger partial charge in [-0.25, -0.2) is 0 Å². The van der Waals surface area contributed by atoms with Crippen LogP contribution in [0.5, 0.6) is 0 Å². The van der Waals surface area contributed by atoms with Crippen LogP contribution in [0.25, 0.3) is 130 Å². The normalized spacial score (nSPS) is 12.2. The predicted molar refractivity (Wildman–Crippen MR) is 243 cm³/mol. The van der Waals surface area contributed by atoms with Gasteiger partial charge in [0.15, 0.2) is 0 Å². The molecule has 0 radical (unpaired) electrons. The quantitative estimate of drug-likeness (QED) is 0.169. The Kier molecular flexibility index (Phi) is 6.35. The van der Waals surface area contributed by atoms with Crippen molar-refractivity contribution in [3.63, 3.8) is 0 Å². The molecule has 57 heavy (non-hydrogen) atoms. The summed E-state index contributed by atoms with van der Waals surface area (Å²) in [6.07, 6.45) is 0. The third kappa shape index (κ3) is 4.40. The van der Waals surface area contributed by atoms with Gasteiger partial charge in [-0.3, -0.25) is 0 Å². The standard InChI is InChI=1S/C54H30O2S/c1-2-13-36-34(11-1)42(30-49-53(36)54-48(57-49)28-27-47-52(54)41-18-8-10-20-45(41)56-47)31-21-23-32(24-22-31)50-37-14-3-5-16-39(37)51(40-17-6-4-15-38(40)50)33-25-26-46-43(29-33)35-12-7-9-19-44(35)55-46/h1-30H. The first-order valence-corrected chi connectivity index (χ1v) is 20.2. The van der Waals surface area contributed by atoms with E-state index in [0.717, 1.165) is 33.1 Å². The van der Waals surface area contributed by atoms with Gasteiger partial charge < -0.3 is 8.83 Å². The molecule has 0 saturated heterocycles. The number of benzene rings is 10. The molecular formula is C54H30O2S. The zero-order valence-electron chi connectivity index (χ0n) is 30.5. The number of hydrogen-bond donors (Lipinski definition) is 0. The van der Waals surface area contributed by atoms with Crippen molar-refractivity contribution in [2.75, 3.05) is 0 Å². The number of para-hydroxylation sites is 2. The van der Waals surface area contributed by atoms with E-state index in [1.165, 1.54) is 96.6 Å². The van der Waals surface area contributed by atoms with Gasteiger partial charge in [0.05, 0.1) is 0 Å². The molecule has 0 spiro atoms. The van der Waals surface area contributed by atoms with Crippen LogP contribution in [0.3, 0.4) is 0 Å². The monoisotopic (exact) mass is 742 g/mol. The Hall–Kier alpha value is -7.20. The van der Waals surface area contributed by atoms with Crippen LogP contribution in [-0.4, -0.2) is 0 Å². The Morgan fingerprint density at radius 2 is 0.772 bits per heavy atom. The maximum Gasteiger partial charge on any atom is 0.136 e. The van der Waals surface area contributed by atoms with Crippen molar-refractivity contribution >= 4 is 108 Å². The van der Waals surface area contributed by atoms with Crippen LogP contribution in [0.15, 0.2) is 191 Å². The summed E-state index contributed by atoms with van der Waals surface area (Å²) in [4.78, 5) is 0. The molecule has 0 aliphatic rings. The lowest BCUT2D eigenvalue weighted by Crippen LogP contribution is -1.91. The summed E-state index contributed by atoms with van der Waals surface area (Å²) in [6, 6.07) is 66.1. The van der Waals surface area contributed by atoms with Crippen LogP contribution in [0, 0.1) is 0 Å². The van der Waals surface area contributed by atoms with Crippen molar-refractivity contribution in [1.29, 1.82) is 0 Å². The highest BCUT2D eigenvalue weighted by Gasteiger charge is 2.21. The Bertz CT molecular complexity index is 3750. The highest BCUT2D eigenvalue weighted by Crippen LogP contribution is 2.48. The van der Waals surface area contributed by atoms with Crippen LogP contribution < -0.4 is 0 Å². The maximum atomic E-state index is 6.34. The van der Waals surface area contributed by atoms with Gasteiger partial charge in [0.1, 0.15) is 22.3 Å². The molecule has 13 rings (SSSR count). The Morgan fingerprint density at radius 1 is 0.281 bits per heavy atom. The lowest BCUT2D eigenvalue weighted by Gasteiger charge is -2.18. The second kappa shape index (κ2) is 11.7. The topological polar surface area (TPSA) is 26.3 Å². The number of furan rings is 2.